The summed E-state index contributed by atoms with van der Waals surface area (Å²) in [4.78, 5) is 12.3. The SMILES string of the molecule is CCOc1cccc(C(C)NC(=O)C(C)NS(=O)(=O)c2cccs2)c1. The Bertz CT molecular complexity index is 804. The smallest absolute Gasteiger partial charge is 0.250 e. The Hall–Kier alpha value is -1.90. The third-order valence-corrected chi connectivity index (χ3v) is 6.45. The molecule has 0 saturated carbocycles. The van der Waals surface area contributed by atoms with E-state index in [0.29, 0.717) is 6.61 Å². The second kappa shape index (κ2) is 8.46. The van der Waals surface area contributed by atoms with Gasteiger partial charge >= 0.3 is 0 Å². The van der Waals surface area contributed by atoms with Crippen LogP contribution >= 0.6 is 11.3 Å². The Balaban J connectivity index is 2.00. The lowest BCUT2D eigenvalue weighted by molar-refractivity contribution is -0.123. The zero-order valence-electron chi connectivity index (χ0n) is 14.4. The molecule has 1 amide bonds. The Morgan fingerprint density at radius 3 is 2.64 bits per heavy atom. The van der Waals surface area contributed by atoms with Gasteiger partial charge in [0.25, 0.3) is 10.0 Å². The van der Waals surface area contributed by atoms with Crippen LogP contribution in [0.3, 0.4) is 0 Å². The largest absolute Gasteiger partial charge is 0.494 e. The number of carbonyl (C=O) groups excluding carboxylic acids is 1. The quantitative estimate of drug-likeness (QED) is 0.735. The molecule has 2 atom stereocenters. The molecule has 25 heavy (non-hydrogen) atoms. The minimum Gasteiger partial charge on any atom is -0.494 e. The molecule has 1 heterocycles. The molecule has 0 aliphatic carbocycles. The Labute approximate surface area is 152 Å². The highest BCUT2D eigenvalue weighted by molar-refractivity contribution is 7.91. The average molecular weight is 383 g/mol. The van der Waals surface area contributed by atoms with E-state index in [-0.39, 0.29) is 10.3 Å². The van der Waals surface area contributed by atoms with Gasteiger partial charge in [-0.05, 0) is 49.9 Å². The number of ether oxygens (including phenoxy) is 1. The van der Waals surface area contributed by atoms with E-state index in [1.165, 1.54) is 13.0 Å². The van der Waals surface area contributed by atoms with Gasteiger partial charge in [0.15, 0.2) is 0 Å². The van der Waals surface area contributed by atoms with Crippen molar-refractivity contribution in [2.75, 3.05) is 6.61 Å². The van der Waals surface area contributed by atoms with Gasteiger partial charge in [0, 0.05) is 0 Å². The first-order valence-corrected chi connectivity index (χ1v) is 10.3. The normalized spacial score (nSPS) is 13.9. The van der Waals surface area contributed by atoms with E-state index in [9.17, 15) is 13.2 Å². The molecule has 2 aromatic rings. The molecule has 1 aromatic heterocycles. The third kappa shape index (κ3) is 5.29. The average Bonchev–Trinajstić information content (AvgIpc) is 3.10. The van der Waals surface area contributed by atoms with E-state index in [1.807, 2.05) is 38.1 Å². The van der Waals surface area contributed by atoms with Crippen LogP contribution in [-0.2, 0) is 14.8 Å². The summed E-state index contributed by atoms with van der Waals surface area (Å²) in [5.74, 6) is 0.335. The van der Waals surface area contributed by atoms with Gasteiger partial charge < -0.3 is 10.1 Å². The zero-order chi connectivity index (χ0) is 18.4. The highest BCUT2D eigenvalue weighted by Gasteiger charge is 2.23. The number of rotatable bonds is 8. The van der Waals surface area contributed by atoms with Crippen molar-refractivity contribution in [3.8, 4) is 5.75 Å². The van der Waals surface area contributed by atoms with Gasteiger partial charge in [-0.15, -0.1) is 11.3 Å². The molecule has 2 rings (SSSR count). The number of hydrogen-bond donors (Lipinski definition) is 2. The van der Waals surface area contributed by atoms with Gasteiger partial charge in [0.1, 0.15) is 9.96 Å². The van der Waals surface area contributed by atoms with Crippen molar-refractivity contribution in [3.63, 3.8) is 0 Å². The molecule has 0 radical (unpaired) electrons. The molecule has 8 heteroatoms. The Kier molecular flexibility index (Phi) is 6.57. The van der Waals surface area contributed by atoms with Crippen molar-refractivity contribution in [1.29, 1.82) is 0 Å². The summed E-state index contributed by atoms with van der Waals surface area (Å²) >= 11 is 1.10. The third-order valence-electron chi connectivity index (χ3n) is 3.51. The van der Waals surface area contributed by atoms with Crippen LogP contribution in [0.1, 0.15) is 32.4 Å². The molecule has 0 fully saturated rings. The predicted molar refractivity (Wildman–Crippen MR) is 98.3 cm³/mol. The molecule has 0 bridgehead atoms. The molecule has 0 spiro atoms. The monoisotopic (exact) mass is 382 g/mol. The van der Waals surface area contributed by atoms with Gasteiger partial charge in [-0.2, -0.15) is 4.72 Å². The van der Waals surface area contributed by atoms with Crippen LogP contribution in [0.15, 0.2) is 46.0 Å². The van der Waals surface area contributed by atoms with Gasteiger partial charge in [0.2, 0.25) is 5.91 Å². The summed E-state index contributed by atoms with van der Waals surface area (Å²) in [5.41, 5.74) is 0.882. The summed E-state index contributed by atoms with van der Waals surface area (Å²) in [6.45, 7) is 5.82. The van der Waals surface area contributed by atoms with Crippen molar-refractivity contribution in [2.45, 2.75) is 37.1 Å². The Morgan fingerprint density at radius 1 is 1.24 bits per heavy atom. The van der Waals surface area contributed by atoms with Crippen LogP contribution in [0.5, 0.6) is 5.75 Å². The first-order valence-electron chi connectivity index (χ1n) is 7.92. The fourth-order valence-electron chi connectivity index (χ4n) is 2.22. The first kappa shape index (κ1) is 19.4. The van der Waals surface area contributed by atoms with Gasteiger partial charge in [-0.1, -0.05) is 18.2 Å². The minimum absolute atomic E-state index is 0.185. The lowest BCUT2D eigenvalue weighted by atomic mass is 10.1. The van der Waals surface area contributed by atoms with Crippen LogP contribution < -0.4 is 14.8 Å². The standard InChI is InChI=1S/C17H22N2O4S2/c1-4-23-15-8-5-7-14(11-15)12(2)18-17(20)13(3)19-25(21,22)16-9-6-10-24-16/h5-13,19H,4H2,1-3H3,(H,18,20). The van der Waals surface area contributed by atoms with E-state index in [4.69, 9.17) is 4.74 Å². The summed E-state index contributed by atoms with van der Waals surface area (Å²) in [7, 11) is -3.69. The molecule has 6 nitrogen and oxygen atoms in total. The van der Waals surface area contributed by atoms with E-state index in [2.05, 4.69) is 10.0 Å². The zero-order valence-corrected chi connectivity index (χ0v) is 16.0. The summed E-state index contributed by atoms with van der Waals surface area (Å²) in [6, 6.07) is 9.43. The fraction of sp³-hybridized carbons (Fsp3) is 0.353. The van der Waals surface area contributed by atoms with Crippen LogP contribution in [0.2, 0.25) is 0 Å². The van der Waals surface area contributed by atoms with Crippen molar-refractivity contribution in [3.05, 3.63) is 47.3 Å². The molecule has 136 valence electrons. The van der Waals surface area contributed by atoms with Gasteiger partial charge in [-0.3, -0.25) is 4.79 Å². The number of carbonyl (C=O) groups is 1. The maximum atomic E-state index is 12.3. The fourth-order valence-corrected chi connectivity index (χ4v) is 4.44. The van der Waals surface area contributed by atoms with E-state index >= 15 is 0 Å². The molecular weight excluding hydrogens is 360 g/mol. The second-order valence-electron chi connectivity index (χ2n) is 5.51. The molecule has 2 N–H and O–H groups in total. The number of hydrogen-bond acceptors (Lipinski definition) is 5. The number of benzene rings is 1. The lowest BCUT2D eigenvalue weighted by Gasteiger charge is -2.19. The predicted octanol–water partition coefficient (Wildman–Crippen LogP) is 2.69. The molecule has 1 aromatic carbocycles. The summed E-state index contributed by atoms with van der Waals surface area (Å²) < 4.78 is 32.4. The van der Waals surface area contributed by atoms with Crippen molar-refractivity contribution < 1.29 is 17.9 Å². The second-order valence-corrected chi connectivity index (χ2v) is 8.40. The van der Waals surface area contributed by atoms with Crippen molar-refractivity contribution >= 4 is 27.3 Å². The molecular formula is C17H22N2O4S2. The molecule has 0 aliphatic heterocycles. The van der Waals surface area contributed by atoms with Crippen LogP contribution in [0.25, 0.3) is 0 Å². The number of amides is 1. The number of thiophene rings is 1. The van der Waals surface area contributed by atoms with E-state index in [0.717, 1.165) is 22.6 Å². The topological polar surface area (TPSA) is 84.5 Å². The first-order chi connectivity index (χ1) is 11.8. The summed E-state index contributed by atoms with van der Waals surface area (Å²) in [5, 5.41) is 4.49. The Morgan fingerprint density at radius 2 is 2.00 bits per heavy atom. The van der Waals surface area contributed by atoms with Crippen LogP contribution in [0, 0.1) is 0 Å². The van der Waals surface area contributed by atoms with Gasteiger partial charge in [0.05, 0.1) is 18.7 Å². The lowest BCUT2D eigenvalue weighted by Crippen LogP contribution is -2.45. The molecule has 0 saturated heterocycles. The number of nitrogens with one attached hydrogen (secondary N) is 2. The maximum absolute atomic E-state index is 12.3. The van der Waals surface area contributed by atoms with Crippen molar-refractivity contribution in [1.82, 2.24) is 10.0 Å². The minimum atomic E-state index is -3.69. The van der Waals surface area contributed by atoms with E-state index in [1.54, 1.807) is 11.4 Å². The van der Waals surface area contributed by atoms with Crippen molar-refractivity contribution in [2.24, 2.45) is 0 Å². The van der Waals surface area contributed by atoms with Gasteiger partial charge in [-0.25, -0.2) is 8.42 Å². The highest BCUT2D eigenvalue weighted by Crippen LogP contribution is 2.19. The van der Waals surface area contributed by atoms with Crippen LogP contribution in [0.4, 0.5) is 0 Å². The highest BCUT2D eigenvalue weighted by atomic mass is 32.2. The molecule has 0 aliphatic rings. The van der Waals surface area contributed by atoms with E-state index < -0.39 is 22.0 Å². The molecule has 2 unspecified atom stereocenters. The van der Waals surface area contributed by atoms with Crippen LogP contribution in [-0.4, -0.2) is 27.0 Å². The summed E-state index contributed by atoms with van der Waals surface area (Å²) in [6.07, 6.45) is 0. The number of sulfonamides is 1. The maximum Gasteiger partial charge on any atom is 0.250 e.